The van der Waals surface area contributed by atoms with Crippen molar-refractivity contribution in [1.82, 2.24) is 5.32 Å². The van der Waals surface area contributed by atoms with Crippen molar-refractivity contribution >= 4 is 23.2 Å². The van der Waals surface area contributed by atoms with E-state index < -0.39 is 0 Å². The van der Waals surface area contributed by atoms with Gasteiger partial charge in [0.15, 0.2) is 0 Å². The molecule has 0 heterocycles. The van der Waals surface area contributed by atoms with Gasteiger partial charge in [-0.25, -0.2) is 0 Å². The second-order valence-corrected chi connectivity index (χ2v) is 6.29. The van der Waals surface area contributed by atoms with Crippen LogP contribution in [0.3, 0.4) is 0 Å². The van der Waals surface area contributed by atoms with Crippen molar-refractivity contribution in [2.24, 2.45) is 0 Å². The highest BCUT2D eigenvalue weighted by Crippen LogP contribution is 2.21. The molecule has 3 heteroatoms. The van der Waals surface area contributed by atoms with Crippen LogP contribution in [0.15, 0.2) is 48.5 Å². The summed E-state index contributed by atoms with van der Waals surface area (Å²) in [5.41, 5.74) is 2.54. The van der Waals surface area contributed by atoms with E-state index in [-0.39, 0.29) is 0 Å². The SMILES string of the molecule is CCC(NC(C)Cc1ccc(Cl)cc1)c1cccc(Cl)c1. The maximum Gasteiger partial charge on any atom is 0.0409 e. The molecule has 112 valence electrons. The van der Waals surface area contributed by atoms with Crippen molar-refractivity contribution in [2.45, 2.75) is 38.8 Å². The van der Waals surface area contributed by atoms with Gasteiger partial charge in [0.05, 0.1) is 0 Å². The lowest BCUT2D eigenvalue weighted by molar-refractivity contribution is 0.443. The molecule has 2 aromatic carbocycles. The largest absolute Gasteiger partial charge is 0.307 e. The average molecular weight is 322 g/mol. The second kappa shape index (κ2) is 7.84. The number of halogens is 2. The summed E-state index contributed by atoms with van der Waals surface area (Å²) in [6.07, 6.45) is 2.01. The lowest BCUT2D eigenvalue weighted by Gasteiger charge is -2.23. The van der Waals surface area contributed by atoms with Crippen LogP contribution in [0.1, 0.15) is 37.4 Å². The molecule has 0 aromatic heterocycles. The molecule has 21 heavy (non-hydrogen) atoms. The summed E-state index contributed by atoms with van der Waals surface area (Å²) >= 11 is 12.0. The molecule has 0 saturated carbocycles. The Morgan fingerprint density at radius 3 is 2.33 bits per heavy atom. The lowest BCUT2D eigenvalue weighted by Crippen LogP contribution is -2.31. The summed E-state index contributed by atoms with van der Waals surface area (Å²) in [4.78, 5) is 0. The van der Waals surface area contributed by atoms with Gasteiger partial charge in [0.25, 0.3) is 0 Å². The molecule has 0 aliphatic heterocycles. The third-order valence-electron chi connectivity index (χ3n) is 3.60. The van der Waals surface area contributed by atoms with E-state index in [2.05, 4.69) is 37.4 Å². The summed E-state index contributed by atoms with van der Waals surface area (Å²) in [5.74, 6) is 0. The van der Waals surface area contributed by atoms with Crippen LogP contribution in [0, 0.1) is 0 Å². The predicted octanol–water partition coefficient (Wildman–Crippen LogP) is 5.67. The minimum atomic E-state index is 0.325. The van der Waals surface area contributed by atoms with Gasteiger partial charge in [-0.3, -0.25) is 0 Å². The first-order chi connectivity index (χ1) is 10.1. The van der Waals surface area contributed by atoms with Crippen molar-refractivity contribution in [3.8, 4) is 0 Å². The van der Waals surface area contributed by atoms with Crippen LogP contribution in [0.5, 0.6) is 0 Å². The predicted molar refractivity (Wildman–Crippen MR) is 92.2 cm³/mol. The van der Waals surface area contributed by atoms with Gasteiger partial charge < -0.3 is 5.32 Å². The Bertz CT molecular complexity index is 566. The van der Waals surface area contributed by atoms with Crippen LogP contribution in [0.2, 0.25) is 10.0 Å². The Morgan fingerprint density at radius 2 is 1.71 bits per heavy atom. The van der Waals surface area contributed by atoms with Crippen LogP contribution in [0.4, 0.5) is 0 Å². The molecule has 2 aromatic rings. The van der Waals surface area contributed by atoms with Gasteiger partial charge in [0.1, 0.15) is 0 Å². The lowest BCUT2D eigenvalue weighted by atomic mass is 10.0. The first-order valence-corrected chi connectivity index (χ1v) is 8.10. The molecule has 0 saturated heterocycles. The Kier molecular flexibility index (Phi) is 6.10. The number of rotatable bonds is 6. The van der Waals surface area contributed by atoms with Crippen LogP contribution in [-0.4, -0.2) is 6.04 Å². The highest BCUT2D eigenvalue weighted by Gasteiger charge is 2.13. The molecule has 0 bridgehead atoms. The van der Waals surface area contributed by atoms with Gasteiger partial charge in [-0.15, -0.1) is 0 Å². The molecular formula is C18H21Cl2N. The van der Waals surface area contributed by atoms with Crippen molar-refractivity contribution < 1.29 is 0 Å². The minimum Gasteiger partial charge on any atom is -0.307 e. The monoisotopic (exact) mass is 321 g/mol. The van der Waals surface area contributed by atoms with Gasteiger partial charge in [-0.05, 0) is 55.2 Å². The van der Waals surface area contributed by atoms with Gasteiger partial charge in [0, 0.05) is 22.1 Å². The van der Waals surface area contributed by atoms with Crippen LogP contribution in [-0.2, 0) is 6.42 Å². The van der Waals surface area contributed by atoms with Crippen LogP contribution < -0.4 is 5.32 Å². The number of benzene rings is 2. The van der Waals surface area contributed by atoms with Gasteiger partial charge in [0.2, 0.25) is 0 Å². The van der Waals surface area contributed by atoms with Crippen LogP contribution >= 0.6 is 23.2 Å². The van der Waals surface area contributed by atoms with Crippen molar-refractivity contribution in [3.05, 3.63) is 69.7 Å². The van der Waals surface area contributed by atoms with E-state index in [1.807, 2.05) is 30.3 Å². The summed E-state index contributed by atoms with van der Waals surface area (Å²) in [5, 5.41) is 5.25. The fourth-order valence-corrected chi connectivity index (χ4v) is 2.87. The zero-order chi connectivity index (χ0) is 15.2. The zero-order valence-corrected chi connectivity index (χ0v) is 14.0. The van der Waals surface area contributed by atoms with Crippen molar-refractivity contribution in [2.75, 3.05) is 0 Å². The maximum absolute atomic E-state index is 6.09. The van der Waals surface area contributed by atoms with E-state index >= 15 is 0 Å². The highest BCUT2D eigenvalue weighted by molar-refractivity contribution is 6.30. The quantitative estimate of drug-likeness (QED) is 0.723. The Hall–Kier alpha value is -1.02. The third-order valence-corrected chi connectivity index (χ3v) is 4.09. The van der Waals surface area contributed by atoms with Gasteiger partial charge in [-0.1, -0.05) is 54.4 Å². The van der Waals surface area contributed by atoms with Gasteiger partial charge >= 0.3 is 0 Å². The molecule has 1 N–H and O–H groups in total. The number of nitrogens with one attached hydrogen (secondary N) is 1. The maximum atomic E-state index is 6.09. The standard InChI is InChI=1S/C18H21Cl2N/c1-3-18(15-5-4-6-17(20)12-15)21-13(2)11-14-7-9-16(19)10-8-14/h4-10,12-13,18,21H,3,11H2,1-2H3. The molecule has 2 unspecified atom stereocenters. The molecule has 0 radical (unpaired) electrons. The summed E-state index contributed by atoms with van der Waals surface area (Å²) in [6.45, 7) is 4.40. The van der Waals surface area contributed by atoms with E-state index in [1.54, 1.807) is 0 Å². The zero-order valence-electron chi connectivity index (χ0n) is 12.4. The molecule has 0 spiro atoms. The van der Waals surface area contributed by atoms with Crippen molar-refractivity contribution in [1.29, 1.82) is 0 Å². The Balaban J connectivity index is 1.99. The molecule has 0 fully saturated rings. The fourth-order valence-electron chi connectivity index (χ4n) is 2.55. The summed E-state index contributed by atoms with van der Waals surface area (Å²) < 4.78 is 0. The summed E-state index contributed by atoms with van der Waals surface area (Å²) in [7, 11) is 0. The fraction of sp³-hybridized carbons (Fsp3) is 0.333. The molecule has 0 aliphatic carbocycles. The molecular weight excluding hydrogens is 301 g/mol. The number of hydrogen-bond acceptors (Lipinski definition) is 1. The molecule has 1 nitrogen and oxygen atoms in total. The molecule has 0 amide bonds. The Morgan fingerprint density at radius 1 is 1.00 bits per heavy atom. The normalized spacial score (nSPS) is 13.9. The second-order valence-electron chi connectivity index (χ2n) is 5.41. The van der Waals surface area contributed by atoms with E-state index in [4.69, 9.17) is 23.2 Å². The first-order valence-electron chi connectivity index (χ1n) is 7.34. The van der Waals surface area contributed by atoms with Crippen LogP contribution in [0.25, 0.3) is 0 Å². The minimum absolute atomic E-state index is 0.325. The topological polar surface area (TPSA) is 12.0 Å². The van der Waals surface area contributed by atoms with E-state index in [0.717, 1.165) is 22.9 Å². The van der Waals surface area contributed by atoms with E-state index in [0.29, 0.717) is 12.1 Å². The smallest absolute Gasteiger partial charge is 0.0409 e. The molecule has 0 aliphatic rings. The average Bonchev–Trinajstić information content (AvgIpc) is 2.47. The van der Waals surface area contributed by atoms with E-state index in [9.17, 15) is 0 Å². The molecule has 2 rings (SSSR count). The van der Waals surface area contributed by atoms with Gasteiger partial charge in [-0.2, -0.15) is 0 Å². The highest BCUT2D eigenvalue weighted by atomic mass is 35.5. The third kappa shape index (κ3) is 5.03. The van der Waals surface area contributed by atoms with E-state index in [1.165, 1.54) is 11.1 Å². The number of hydrogen-bond donors (Lipinski definition) is 1. The Labute approximate surface area is 137 Å². The van der Waals surface area contributed by atoms with Crippen molar-refractivity contribution in [3.63, 3.8) is 0 Å². The molecule has 2 atom stereocenters. The first kappa shape index (κ1) is 16.4. The summed E-state index contributed by atoms with van der Waals surface area (Å²) in [6, 6.07) is 16.8.